The molecule has 0 saturated heterocycles. The lowest BCUT2D eigenvalue weighted by molar-refractivity contribution is -0.137. The maximum Gasteiger partial charge on any atom is 0.417 e. The summed E-state index contributed by atoms with van der Waals surface area (Å²) in [7, 11) is -3.62. The molecule has 4 aromatic rings. The quantitative estimate of drug-likeness (QED) is 0.393. The Hall–Kier alpha value is -2.50. The van der Waals surface area contributed by atoms with Gasteiger partial charge in [0, 0.05) is 22.8 Å². The molecule has 0 saturated carbocycles. The fourth-order valence-electron chi connectivity index (χ4n) is 3.11. The molecule has 0 spiro atoms. The van der Waals surface area contributed by atoms with E-state index < -0.39 is 21.6 Å². The summed E-state index contributed by atoms with van der Waals surface area (Å²) < 4.78 is 66.7. The minimum Gasteiger partial charge on any atom is -0.303 e. The Morgan fingerprint density at radius 3 is 2.55 bits per heavy atom. The van der Waals surface area contributed by atoms with Crippen LogP contribution in [-0.4, -0.2) is 33.7 Å². The number of sulfone groups is 1. The van der Waals surface area contributed by atoms with Gasteiger partial charge in [0.1, 0.15) is 11.3 Å². The van der Waals surface area contributed by atoms with Crippen LogP contribution in [0.2, 0.25) is 4.47 Å². The van der Waals surface area contributed by atoms with Crippen molar-refractivity contribution < 1.29 is 21.6 Å². The van der Waals surface area contributed by atoms with Gasteiger partial charge in [0.25, 0.3) is 0 Å². The summed E-state index contributed by atoms with van der Waals surface area (Å²) >= 11 is 7.11. The van der Waals surface area contributed by atoms with Crippen LogP contribution < -0.4 is 0 Å². The maximum atomic E-state index is 13.2. The van der Waals surface area contributed by atoms with Gasteiger partial charge in [0.2, 0.25) is 0 Å². The normalized spacial score (nSPS) is 12.5. The number of alkyl halides is 3. The third-order valence-electron chi connectivity index (χ3n) is 4.59. The van der Waals surface area contributed by atoms with Gasteiger partial charge in [-0.1, -0.05) is 30.7 Å². The molecule has 0 bridgehead atoms. The first-order valence-electron chi connectivity index (χ1n) is 8.96. The average Bonchev–Trinajstić information content (AvgIpc) is 3.30. The standard InChI is InChI=1S/C19H14ClF3N4O2S2/c1-2-31(28,29)15-6-4-3-5-13(15)16-26-14-7-11(19(21,22)23)8-24-17(14)27(16)10-12-9-25-18(20)30-12/h3-9H,2,10H2,1H3. The number of benzene rings is 1. The first-order chi connectivity index (χ1) is 14.6. The van der Waals surface area contributed by atoms with E-state index >= 15 is 0 Å². The van der Waals surface area contributed by atoms with E-state index in [4.69, 9.17) is 11.6 Å². The van der Waals surface area contributed by atoms with Gasteiger partial charge < -0.3 is 4.57 Å². The zero-order chi connectivity index (χ0) is 22.4. The Kier molecular flexibility index (Phi) is 5.52. The van der Waals surface area contributed by atoms with Crippen LogP contribution in [0.4, 0.5) is 13.2 Å². The minimum atomic E-state index is -4.58. The topological polar surface area (TPSA) is 77.7 Å². The van der Waals surface area contributed by atoms with Crippen LogP contribution >= 0.6 is 22.9 Å². The number of rotatable bonds is 5. The van der Waals surface area contributed by atoms with E-state index in [2.05, 4.69) is 15.0 Å². The first-order valence-corrected chi connectivity index (χ1v) is 11.8. The largest absolute Gasteiger partial charge is 0.417 e. The van der Waals surface area contributed by atoms with Crippen molar-refractivity contribution in [2.75, 3.05) is 5.75 Å². The lowest BCUT2D eigenvalue weighted by atomic mass is 10.2. The van der Waals surface area contributed by atoms with Crippen LogP contribution in [0, 0.1) is 0 Å². The smallest absolute Gasteiger partial charge is 0.303 e. The molecule has 3 heterocycles. The number of nitrogens with zero attached hydrogens (tertiary/aromatic N) is 4. The number of fused-ring (bicyclic) bond motifs is 1. The summed E-state index contributed by atoms with van der Waals surface area (Å²) in [6.45, 7) is 1.68. The fourth-order valence-corrected chi connectivity index (χ4v) is 5.17. The van der Waals surface area contributed by atoms with Crippen LogP contribution in [0.5, 0.6) is 0 Å². The van der Waals surface area contributed by atoms with Gasteiger partial charge >= 0.3 is 6.18 Å². The Labute approximate surface area is 184 Å². The molecule has 0 aliphatic heterocycles. The highest BCUT2D eigenvalue weighted by molar-refractivity contribution is 7.91. The third-order valence-corrected chi connectivity index (χ3v) is 7.48. The fraction of sp³-hybridized carbons (Fsp3) is 0.211. The number of imidazole rings is 1. The molecule has 12 heteroatoms. The molecule has 0 aliphatic rings. The molecular weight excluding hydrogens is 473 g/mol. The molecule has 3 aromatic heterocycles. The first kappa shape index (κ1) is 21.7. The van der Waals surface area contributed by atoms with Crippen LogP contribution in [0.1, 0.15) is 17.4 Å². The number of thiazole rings is 1. The highest BCUT2D eigenvalue weighted by atomic mass is 35.5. The van der Waals surface area contributed by atoms with Crippen molar-refractivity contribution in [2.45, 2.75) is 24.5 Å². The number of halogens is 4. The van der Waals surface area contributed by atoms with Gasteiger partial charge in [0.05, 0.1) is 22.8 Å². The highest BCUT2D eigenvalue weighted by Gasteiger charge is 2.32. The lowest BCUT2D eigenvalue weighted by Crippen LogP contribution is -2.09. The molecule has 0 N–H and O–H groups in total. The molecule has 0 atom stereocenters. The highest BCUT2D eigenvalue weighted by Crippen LogP contribution is 2.34. The summed E-state index contributed by atoms with van der Waals surface area (Å²) in [5.74, 6) is 0.0597. The van der Waals surface area contributed by atoms with Gasteiger partial charge in [-0.3, -0.25) is 0 Å². The monoisotopic (exact) mass is 486 g/mol. The summed E-state index contributed by atoms with van der Waals surface area (Å²) in [5, 5.41) is 0. The molecule has 0 amide bonds. The summed E-state index contributed by atoms with van der Waals surface area (Å²) in [5.41, 5.74) is -0.460. The summed E-state index contributed by atoms with van der Waals surface area (Å²) in [6.07, 6.45) is -2.31. The van der Waals surface area contributed by atoms with E-state index in [9.17, 15) is 21.6 Å². The predicted octanol–water partition coefficient (Wildman–Crippen LogP) is 5.07. The maximum absolute atomic E-state index is 13.2. The minimum absolute atomic E-state index is 0.00383. The van der Waals surface area contributed by atoms with E-state index in [-0.39, 0.29) is 39.7 Å². The zero-order valence-electron chi connectivity index (χ0n) is 15.9. The Morgan fingerprint density at radius 1 is 1.16 bits per heavy atom. The van der Waals surface area contributed by atoms with Crippen molar-refractivity contribution in [3.05, 3.63) is 57.6 Å². The molecule has 162 valence electrons. The number of pyridine rings is 1. The predicted molar refractivity (Wildman–Crippen MR) is 112 cm³/mol. The molecule has 0 unspecified atom stereocenters. The molecule has 0 aliphatic carbocycles. The van der Waals surface area contributed by atoms with Crippen molar-refractivity contribution in [2.24, 2.45) is 0 Å². The van der Waals surface area contributed by atoms with Crippen LogP contribution in [0.25, 0.3) is 22.6 Å². The summed E-state index contributed by atoms with van der Waals surface area (Å²) in [4.78, 5) is 13.1. The molecular formula is C19H14ClF3N4O2S2. The molecule has 0 radical (unpaired) electrons. The van der Waals surface area contributed by atoms with Crippen molar-refractivity contribution in [1.82, 2.24) is 19.5 Å². The van der Waals surface area contributed by atoms with Gasteiger partial charge in [-0.05, 0) is 18.2 Å². The Morgan fingerprint density at radius 2 is 1.90 bits per heavy atom. The second-order valence-corrected chi connectivity index (χ2v) is 10.5. The molecule has 31 heavy (non-hydrogen) atoms. The number of hydrogen-bond donors (Lipinski definition) is 0. The number of hydrogen-bond acceptors (Lipinski definition) is 6. The van der Waals surface area contributed by atoms with E-state index in [1.165, 1.54) is 24.3 Å². The van der Waals surface area contributed by atoms with Gasteiger partial charge in [-0.15, -0.1) is 11.3 Å². The zero-order valence-corrected chi connectivity index (χ0v) is 18.3. The summed E-state index contributed by atoms with van der Waals surface area (Å²) in [6, 6.07) is 7.16. The van der Waals surface area contributed by atoms with Crippen LogP contribution in [0.15, 0.2) is 47.6 Å². The molecule has 4 rings (SSSR count). The van der Waals surface area contributed by atoms with Gasteiger partial charge in [-0.25, -0.2) is 23.4 Å². The van der Waals surface area contributed by atoms with E-state index in [1.54, 1.807) is 29.0 Å². The van der Waals surface area contributed by atoms with Crippen LogP contribution in [0.3, 0.4) is 0 Å². The molecule has 6 nitrogen and oxygen atoms in total. The van der Waals surface area contributed by atoms with Crippen molar-refractivity contribution >= 4 is 43.9 Å². The van der Waals surface area contributed by atoms with Gasteiger partial charge in [-0.2, -0.15) is 13.2 Å². The van der Waals surface area contributed by atoms with Crippen molar-refractivity contribution in [3.8, 4) is 11.4 Å². The molecule has 0 fully saturated rings. The second kappa shape index (κ2) is 7.88. The van der Waals surface area contributed by atoms with Crippen molar-refractivity contribution in [1.29, 1.82) is 0 Å². The van der Waals surface area contributed by atoms with E-state index in [0.29, 0.717) is 9.34 Å². The number of aromatic nitrogens is 4. The lowest BCUT2D eigenvalue weighted by Gasteiger charge is -2.11. The molecule has 1 aromatic carbocycles. The van der Waals surface area contributed by atoms with E-state index in [0.717, 1.165) is 12.3 Å². The van der Waals surface area contributed by atoms with E-state index in [1.807, 2.05) is 0 Å². The Bertz CT molecular complexity index is 1380. The average molecular weight is 487 g/mol. The third kappa shape index (κ3) is 4.17. The van der Waals surface area contributed by atoms with Crippen LogP contribution in [-0.2, 0) is 22.6 Å². The Balaban J connectivity index is 1.99. The van der Waals surface area contributed by atoms with Gasteiger partial charge in [0.15, 0.2) is 20.0 Å². The second-order valence-electron chi connectivity index (χ2n) is 6.57. The van der Waals surface area contributed by atoms with Crippen molar-refractivity contribution in [3.63, 3.8) is 0 Å². The SMILES string of the molecule is CCS(=O)(=O)c1ccccc1-c1nc2cc(C(F)(F)F)cnc2n1Cc1cnc(Cl)s1.